The highest BCUT2D eigenvalue weighted by Crippen LogP contribution is 2.33. The summed E-state index contributed by atoms with van der Waals surface area (Å²) in [6, 6.07) is 5.01. The highest BCUT2D eigenvalue weighted by Gasteiger charge is 2.26. The largest absolute Gasteiger partial charge is 0.489 e. The molecule has 1 aromatic carbocycles. The zero-order valence-corrected chi connectivity index (χ0v) is 10.7. The number of ether oxygens (including phenoxy) is 1. The van der Waals surface area contributed by atoms with Gasteiger partial charge in [-0.25, -0.2) is 13.6 Å². The average Bonchev–Trinajstić information content (AvgIpc) is 3.00. The predicted molar refractivity (Wildman–Crippen MR) is 65.8 cm³/mol. The van der Waals surface area contributed by atoms with Crippen molar-refractivity contribution in [2.24, 2.45) is 5.14 Å². The monoisotopic (exact) mass is 256 g/mol. The summed E-state index contributed by atoms with van der Waals surface area (Å²) in [4.78, 5) is 1.87. The summed E-state index contributed by atoms with van der Waals surface area (Å²) in [5, 5.41) is 5.20. The van der Waals surface area contributed by atoms with Crippen molar-refractivity contribution >= 4 is 15.7 Å². The Labute approximate surface area is 101 Å². The predicted octanol–water partition coefficient (Wildman–Crippen LogP) is 0.941. The molecule has 1 aliphatic rings. The minimum absolute atomic E-state index is 0.0515. The zero-order chi connectivity index (χ0) is 12.6. The number of sulfonamides is 1. The van der Waals surface area contributed by atoms with E-state index < -0.39 is 10.0 Å². The topological polar surface area (TPSA) is 72.6 Å². The number of rotatable bonds is 4. The first kappa shape index (κ1) is 12.2. The second kappa shape index (κ2) is 4.19. The first-order valence-electron chi connectivity index (χ1n) is 5.39. The van der Waals surface area contributed by atoms with Gasteiger partial charge in [-0.3, -0.25) is 0 Å². The van der Waals surface area contributed by atoms with Gasteiger partial charge < -0.3 is 9.64 Å². The fourth-order valence-corrected chi connectivity index (χ4v) is 2.14. The van der Waals surface area contributed by atoms with Gasteiger partial charge in [-0.1, -0.05) is 0 Å². The lowest BCUT2D eigenvalue weighted by atomic mass is 10.3. The van der Waals surface area contributed by atoms with Crippen LogP contribution in [0, 0.1) is 0 Å². The van der Waals surface area contributed by atoms with Gasteiger partial charge >= 0.3 is 0 Å². The fourth-order valence-electron chi connectivity index (χ4n) is 1.46. The van der Waals surface area contributed by atoms with E-state index in [0.29, 0.717) is 5.75 Å². The lowest BCUT2D eigenvalue weighted by Gasteiger charge is -2.16. The van der Waals surface area contributed by atoms with E-state index in [9.17, 15) is 8.42 Å². The van der Waals surface area contributed by atoms with Crippen LogP contribution in [0.4, 0.5) is 5.69 Å². The van der Waals surface area contributed by atoms with Crippen molar-refractivity contribution in [2.75, 3.05) is 19.0 Å². The molecule has 0 heterocycles. The maximum Gasteiger partial charge on any atom is 0.241 e. The normalized spacial score (nSPS) is 15.7. The lowest BCUT2D eigenvalue weighted by Crippen LogP contribution is -2.16. The van der Waals surface area contributed by atoms with Crippen LogP contribution in [0.15, 0.2) is 23.1 Å². The minimum Gasteiger partial charge on any atom is -0.489 e. The SMILES string of the molecule is CN(C)c1ccc(OC2CC2)c(S(N)(=O)=O)c1. The summed E-state index contributed by atoms with van der Waals surface area (Å²) in [5.41, 5.74) is 0.775. The van der Waals surface area contributed by atoms with Crippen LogP contribution < -0.4 is 14.8 Å². The van der Waals surface area contributed by atoms with Gasteiger partial charge in [0.15, 0.2) is 0 Å². The first-order valence-corrected chi connectivity index (χ1v) is 6.93. The van der Waals surface area contributed by atoms with Crippen molar-refractivity contribution in [3.63, 3.8) is 0 Å². The number of hydrogen-bond donors (Lipinski definition) is 1. The summed E-state index contributed by atoms with van der Waals surface area (Å²) in [5.74, 6) is 0.348. The molecular formula is C11H16N2O3S. The number of anilines is 1. The molecule has 0 amide bonds. The molecule has 2 rings (SSSR count). The van der Waals surface area contributed by atoms with E-state index >= 15 is 0 Å². The van der Waals surface area contributed by atoms with Crippen molar-refractivity contribution < 1.29 is 13.2 Å². The van der Waals surface area contributed by atoms with Gasteiger partial charge in [0.25, 0.3) is 0 Å². The summed E-state index contributed by atoms with van der Waals surface area (Å²) in [7, 11) is -0.0851. The van der Waals surface area contributed by atoms with Crippen LogP contribution in [-0.2, 0) is 10.0 Å². The Hall–Kier alpha value is -1.27. The lowest BCUT2D eigenvalue weighted by molar-refractivity contribution is 0.295. The molecule has 0 spiro atoms. The summed E-state index contributed by atoms with van der Waals surface area (Å²) in [6.07, 6.45) is 2.08. The van der Waals surface area contributed by atoms with Crippen LogP contribution in [-0.4, -0.2) is 28.6 Å². The van der Waals surface area contributed by atoms with Gasteiger partial charge in [-0.15, -0.1) is 0 Å². The van der Waals surface area contributed by atoms with Crippen LogP contribution >= 0.6 is 0 Å². The van der Waals surface area contributed by atoms with Crippen molar-refractivity contribution in [2.45, 2.75) is 23.8 Å². The molecule has 17 heavy (non-hydrogen) atoms. The van der Waals surface area contributed by atoms with Crippen molar-refractivity contribution in [3.05, 3.63) is 18.2 Å². The Morgan fingerprint density at radius 3 is 2.47 bits per heavy atom. The Morgan fingerprint density at radius 2 is 2.00 bits per heavy atom. The van der Waals surface area contributed by atoms with Gasteiger partial charge in [0, 0.05) is 19.8 Å². The number of primary sulfonamides is 1. The van der Waals surface area contributed by atoms with Gasteiger partial charge in [0.2, 0.25) is 10.0 Å². The number of benzene rings is 1. The second-order valence-corrected chi connectivity index (χ2v) is 5.92. The third-order valence-electron chi connectivity index (χ3n) is 2.57. The summed E-state index contributed by atoms with van der Waals surface area (Å²) < 4.78 is 28.6. The highest BCUT2D eigenvalue weighted by atomic mass is 32.2. The molecule has 2 N–H and O–H groups in total. The van der Waals surface area contributed by atoms with E-state index in [1.165, 1.54) is 6.07 Å². The van der Waals surface area contributed by atoms with Crippen LogP contribution in [0.5, 0.6) is 5.75 Å². The quantitative estimate of drug-likeness (QED) is 0.870. The number of nitrogens with zero attached hydrogens (tertiary/aromatic N) is 1. The zero-order valence-electron chi connectivity index (χ0n) is 9.88. The van der Waals surface area contributed by atoms with Gasteiger partial charge in [0.05, 0.1) is 6.10 Å². The Bertz CT molecular complexity index is 522. The van der Waals surface area contributed by atoms with E-state index in [4.69, 9.17) is 9.88 Å². The third-order valence-corrected chi connectivity index (χ3v) is 3.50. The molecule has 1 aromatic rings. The Morgan fingerprint density at radius 1 is 1.35 bits per heavy atom. The Kier molecular flexibility index (Phi) is 3.01. The summed E-state index contributed by atoms with van der Waals surface area (Å²) in [6.45, 7) is 0. The molecule has 1 aliphatic carbocycles. The molecule has 0 aromatic heterocycles. The third kappa shape index (κ3) is 2.89. The standard InChI is InChI=1S/C11H16N2O3S/c1-13(2)8-3-6-10(16-9-4-5-9)11(7-8)17(12,14)15/h3,6-7,9H,4-5H2,1-2H3,(H2,12,14,15). The van der Waals surface area contributed by atoms with Crippen LogP contribution in [0.2, 0.25) is 0 Å². The molecular weight excluding hydrogens is 240 g/mol. The van der Waals surface area contributed by atoms with Crippen molar-refractivity contribution in [1.82, 2.24) is 0 Å². The molecule has 1 fully saturated rings. The van der Waals surface area contributed by atoms with E-state index in [1.54, 1.807) is 6.07 Å². The molecule has 6 heteroatoms. The smallest absolute Gasteiger partial charge is 0.241 e. The fraction of sp³-hybridized carbons (Fsp3) is 0.455. The first-order chi connectivity index (χ1) is 7.88. The molecule has 1 saturated carbocycles. The summed E-state index contributed by atoms with van der Waals surface area (Å²) >= 11 is 0. The molecule has 94 valence electrons. The van der Waals surface area contributed by atoms with Gasteiger partial charge in [-0.05, 0) is 31.0 Å². The van der Waals surface area contributed by atoms with Crippen molar-refractivity contribution in [1.29, 1.82) is 0 Å². The molecule has 0 aliphatic heterocycles. The average molecular weight is 256 g/mol. The van der Waals surface area contributed by atoms with E-state index in [0.717, 1.165) is 18.5 Å². The maximum absolute atomic E-state index is 11.5. The number of nitrogens with two attached hydrogens (primary N) is 1. The molecule has 0 unspecified atom stereocenters. The molecule has 5 nitrogen and oxygen atoms in total. The van der Waals surface area contributed by atoms with Crippen LogP contribution in [0.25, 0.3) is 0 Å². The van der Waals surface area contributed by atoms with E-state index in [2.05, 4.69) is 0 Å². The highest BCUT2D eigenvalue weighted by molar-refractivity contribution is 7.89. The van der Waals surface area contributed by atoms with E-state index in [1.807, 2.05) is 25.1 Å². The Balaban J connectivity index is 2.43. The molecule has 0 atom stereocenters. The second-order valence-electron chi connectivity index (χ2n) is 4.39. The maximum atomic E-state index is 11.5. The molecule has 0 saturated heterocycles. The van der Waals surface area contributed by atoms with Crippen LogP contribution in [0.1, 0.15) is 12.8 Å². The molecule has 0 radical (unpaired) electrons. The molecule has 0 bridgehead atoms. The number of hydrogen-bond acceptors (Lipinski definition) is 4. The van der Waals surface area contributed by atoms with Gasteiger partial charge in [0.1, 0.15) is 10.6 Å². The minimum atomic E-state index is -3.76. The van der Waals surface area contributed by atoms with E-state index in [-0.39, 0.29) is 11.0 Å². The van der Waals surface area contributed by atoms with Crippen LogP contribution in [0.3, 0.4) is 0 Å². The van der Waals surface area contributed by atoms with Gasteiger partial charge in [-0.2, -0.15) is 0 Å². The van der Waals surface area contributed by atoms with Crippen molar-refractivity contribution in [3.8, 4) is 5.75 Å².